The molecule has 4 heteroatoms. The van der Waals surface area contributed by atoms with E-state index >= 15 is 0 Å². The van der Waals surface area contributed by atoms with Crippen molar-refractivity contribution in [3.05, 3.63) is 42.5 Å². The molecule has 0 spiro atoms. The Morgan fingerprint density at radius 2 is 2.24 bits per heavy atom. The number of nitrogens with one attached hydrogen (secondary N) is 2. The lowest BCUT2D eigenvalue weighted by molar-refractivity contribution is 0.659. The Balaban J connectivity index is 1.97. The molecule has 0 saturated heterocycles. The summed E-state index contributed by atoms with van der Waals surface area (Å²) in [6.07, 6.45) is 2.98. The van der Waals surface area contributed by atoms with Crippen molar-refractivity contribution in [1.82, 2.24) is 10.6 Å². The van der Waals surface area contributed by atoms with Crippen LogP contribution < -0.4 is 15.5 Å². The van der Waals surface area contributed by atoms with E-state index in [2.05, 4.69) is 65.2 Å². The second-order valence-corrected chi connectivity index (χ2v) is 5.31. The Labute approximate surface area is 128 Å². The molecule has 0 radical (unpaired) electrons. The highest BCUT2D eigenvalue weighted by molar-refractivity contribution is 5.79. The molecule has 114 valence electrons. The standard InChI is InChI=1S/C17H26N4/c1-4-11-19-17(18-5-2)20-13-14(3)21-12-10-15-8-6-7-9-16(15)21/h4,6-9,14H,1,5,10-13H2,2-3H3,(H2,18,19,20). The lowest BCUT2D eigenvalue weighted by Crippen LogP contribution is -2.39. The van der Waals surface area contributed by atoms with Gasteiger partial charge in [0, 0.05) is 31.4 Å². The summed E-state index contributed by atoms with van der Waals surface area (Å²) in [5.74, 6) is 0.858. The van der Waals surface area contributed by atoms with E-state index in [0.29, 0.717) is 6.04 Å². The van der Waals surface area contributed by atoms with Crippen LogP contribution in [0.1, 0.15) is 19.4 Å². The van der Waals surface area contributed by atoms with Crippen molar-refractivity contribution in [3.63, 3.8) is 0 Å². The third kappa shape index (κ3) is 4.00. The lowest BCUT2D eigenvalue weighted by Gasteiger charge is -2.26. The van der Waals surface area contributed by atoms with Gasteiger partial charge in [-0.15, -0.1) is 6.58 Å². The predicted octanol–water partition coefficient (Wildman–Crippen LogP) is 2.18. The number of hydrogen-bond donors (Lipinski definition) is 2. The van der Waals surface area contributed by atoms with Gasteiger partial charge in [0.25, 0.3) is 0 Å². The van der Waals surface area contributed by atoms with Gasteiger partial charge >= 0.3 is 0 Å². The molecular weight excluding hydrogens is 260 g/mol. The number of aliphatic imine (C=N–C) groups is 1. The van der Waals surface area contributed by atoms with E-state index in [1.165, 1.54) is 11.3 Å². The second kappa shape index (κ2) is 7.72. The van der Waals surface area contributed by atoms with Crippen molar-refractivity contribution in [2.75, 3.05) is 31.1 Å². The molecule has 0 saturated carbocycles. The molecule has 1 aromatic rings. The summed E-state index contributed by atoms with van der Waals surface area (Å²) >= 11 is 0. The summed E-state index contributed by atoms with van der Waals surface area (Å²) in [6, 6.07) is 9.06. The van der Waals surface area contributed by atoms with Crippen molar-refractivity contribution in [2.45, 2.75) is 26.3 Å². The minimum absolute atomic E-state index is 0.396. The van der Waals surface area contributed by atoms with Crippen LogP contribution in [0.25, 0.3) is 0 Å². The predicted molar refractivity (Wildman–Crippen MR) is 91.1 cm³/mol. The van der Waals surface area contributed by atoms with Gasteiger partial charge in [0.2, 0.25) is 0 Å². The Morgan fingerprint density at radius 3 is 3.00 bits per heavy atom. The number of anilines is 1. The van der Waals surface area contributed by atoms with Crippen LogP contribution in [-0.2, 0) is 6.42 Å². The molecule has 1 aromatic carbocycles. The van der Waals surface area contributed by atoms with E-state index in [0.717, 1.165) is 38.6 Å². The number of rotatable bonds is 6. The molecule has 1 heterocycles. The zero-order valence-corrected chi connectivity index (χ0v) is 13.1. The topological polar surface area (TPSA) is 39.7 Å². The van der Waals surface area contributed by atoms with E-state index in [4.69, 9.17) is 0 Å². The van der Waals surface area contributed by atoms with Gasteiger partial charge in [-0.2, -0.15) is 0 Å². The number of hydrogen-bond acceptors (Lipinski definition) is 2. The van der Waals surface area contributed by atoms with E-state index in [1.807, 2.05) is 6.08 Å². The second-order valence-electron chi connectivity index (χ2n) is 5.31. The van der Waals surface area contributed by atoms with Gasteiger partial charge in [-0.1, -0.05) is 24.3 Å². The molecule has 2 N–H and O–H groups in total. The number of nitrogens with zero attached hydrogens (tertiary/aromatic N) is 2. The summed E-state index contributed by atoms with van der Waals surface area (Å²) in [6.45, 7) is 11.5. The van der Waals surface area contributed by atoms with E-state index in [1.54, 1.807) is 0 Å². The molecule has 0 fully saturated rings. The summed E-state index contributed by atoms with van der Waals surface area (Å²) in [5.41, 5.74) is 2.81. The molecule has 4 nitrogen and oxygen atoms in total. The first kappa shape index (κ1) is 15.4. The largest absolute Gasteiger partial charge is 0.366 e. The van der Waals surface area contributed by atoms with Gasteiger partial charge in [0.15, 0.2) is 5.96 Å². The number of para-hydroxylation sites is 1. The van der Waals surface area contributed by atoms with Crippen LogP contribution in [-0.4, -0.2) is 38.2 Å². The van der Waals surface area contributed by atoms with E-state index in [-0.39, 0.29) is 0 Å². The summed E-state index contributed by atoms with van der Waals surface area (Å²) in [4.78, 5) is 7.13. The first-order valence-electron chi connectivity index (χ1n) is 7.74. The summed E-state index contributed by atoms with van der Waals surface area (Å²) in [7, 11) is 0. The summed E-state index contributed by atoms with van der Waals surface area (Å²) < 4.78 is 0. The average Bonchev–Trinajstić information content (AvgIpc) is 2.94. The van der Waals surface area contributed by atoms with Gasteiger partial charge in [-0.25, -0.2) is 0 Å². The van der Waals surface area contributed by atoms with Gasteiger partial charge < -0.3 is 15.5 Å². The molecule has 2 rings (SSSR count). The lowest BCUT2D eigenvalue weighted by atomic mass is 10.2. The van der Waals surface area contributed by atoms with Crippen LogP contribution in [0.5, 0.6) is 0 Å². The molecule has 21 heavy (non-hydrogen) atoms. The molecular formula is C17H26N4. The van der Waals surface area contributed by atoms with Crippen molar-refractivity contribution in [3.8, 4) is 0 Å². The van der Waals surface area contributed by atoms with Crippen LogP contribution in [0.15, 0.2) is 41.9 Å². The van der Waals surface area contributed by atoms with Crippen molar-refractivity contribution >= 4 is 11.6 Å². The Kier molecular flexibility index (Phi) is 5.67. The maximum Gasteiger partial charge on any atom is 0.191 e. The highest BCUT2D eigenvalue weighted by Crippen LogP contribution is 2.29. The zero-order chi connectivity index (χ0) is 15.1. The SMILES string of the molecule is C=CCNC(=NCC(C)N1CCc2ccccc21)NCC. The Hall–Kier alpha value is -1.97. The maximum absolute atomic E-state index is 4.67. The smallest absolute Gasteiger partial charge is 0.191 e. The molecule has 1 aliphatic rings. The van der Waals surface area contributed by atoms with Gasteiger partial charge in [-0.05, 0) is 31.9 Å². The highest BCUT2D eigenvalue weighted by atomic mass is 15.2. The molecule has 0 aliphatic carbocycles. The molecule has 1 aliphatic heterocycles. The van der Waals surface area contributed by atoms with Crippen molar-refractivity contribution in [2.24, 2.45) is 4.99 Å². The Morgan fingerprint density at radius 1 is 1.43 bits per heavy atom. The van der Waals surface area contributed by atoms with Gasteiger partial charge in [-0.3, -0.25) is 4.99 Å². The minimum Gasteiger partial charge on any atom is -0.366 e. The maximum atomic E-state index is 4.67. The third-order valence-corrected chi connectivity index (χ3v) is 3.73. The first-order valence-corrected chi connectivity index (χ1v) is 7.74. The molecule has 0 bridgehead atoms. The van der Waals surface area contributed by atoms with Crippen molar-refractivity contribution in [1.29, 1.82) is 0 Å². The molecule has 0 aromatic heterocycles. The molecule has 1 atom stereocenters. The van der Waals surface area contributed by atoms with Crippen LogP contribution in [0.3, 0.4) is 0 Å². The fraction of sp³-hybridized carbons (Fsp3) is 0.471. The van der Waals surface area contributed by atoms with Crippen LogP contribution >= 0.6 is 0 Å². The molecule has 0 amide bonds. The van der Waals surface area contributed by atoms with Gasteiger partial charge in [0.1, 0.15) is 0 Å². The van der Waals surface area contributed by atoms with Crippen LogP contribution in [0.2, 0.25) is 0 Å². The Bertz CT molecular complexity index is 495. The van der Waals surface area contributed by atoms with Gasteiger partial charge in [0.05, 0.1) is 6.54 Å². The monoisotopic (exact) mass is 286 g/mol. The average molecular weight is 286 g/mol. The van der Waals surface area contributed by atoms with Crippen molar-refractivity contribution < 1.29 is 0 Å². The number of benzene rings is 1. The fourth-order valence-electron chi connectivity index (χ4n) is 2.65. The summed E-state index contributed by atoms with van der Waals surface area (Å²) in [5, 5.41) is 6.49. The van der Waals surface area contributed by atoms with Crippen LogP contribution in [0.4, 0.5) is 5.69 Å². The number of fused-ring (bicyclic) bond motifs is 1. The highest BCUT2D eigenvalue weighted by Gasteiger charge is 2.22. The normalized spacial score (nSPS) is 15.5. The van der Waals surface area contributed by atoms with Crippen LogP contribution in [0, 0.1) is 0 Å². The third-order valence-electron chi connectivity index (χ3n) is 3.73. The quantitative estimate of drug-likeness (QED) is 0.478. The minimum atomic E-state index is 0.396. The molecule has 1 unspecified atom stereocenters. The fourth-order valence-corrected chi connectivity index (χ4v) is 2.65. The van der Waals surface area contributed by atoms with E-state index in [9.17, 15) is 0 Å². The van der Waals surface area contributed by atoms with E-state index < -0.39 is 0 Å². The first-order chi connectivity index (χ1) is 10.3. The number of guanidine groups is 1. The zero-order valence-electron chi connectivity index (χ0n) is 13.1.